The summed E-state index contributed by atoms with van der Waals surface area (Å²) >= 11 is 0. The molecule has 0 amide bonds. The van der Waals surface area contributed by atoms with Gasteiger partial charge in [0.05, 0.1) is 12.2 Å². The molecule has 0 saturated carbocycles. The molecular formula is C22H24N4O2. The van der Waals surface area contributed by atoms with Gasteiger partial charge in [-0.25, -0.2) is 9.78 Å². The summed E-state index contributed by atoms with van der Waals surface area (Å²) in [5, 5.41) is 6.55. The smallest absolute Gasteiger partial charge is 0.338 e. The zero-order valence-corrected chi connectivity index (χ0v) is 16.5. The lowest BCUT2D eigenvalue weighted by Gasteiger charge is -2.12. The Balaban J connectivity index is 1.78. The number of ether oxygens (including phenoxy) is 1. The first-order chi connectivity index (χ1) is 13.4. The fourth-order valence-corrected chi connectivity index (χ4v) is 2.73. The third-order valence-corrected chi connectivity index (χ3v) is 4.16. The lowest BCUT2D eigenvalue weighted by molar-refractivity contribution is 0.0526. The zero-order chi connectivity index (χ0) is 20.1. The molecule has 2 N–H and O–H groups in total. The van der Waals surface area contributed by atoms with Crippen LogP contribution in [-0.2, 0) is 4.74 Å². The molecule has 2 aromatic carbocycles. The van der Waals surface area contributed by atoms with Gasteiger partial charge in [0.25, 0.3) is 0 Å². The molecule has 0 aliphatic heterocycles. The average Bonchev–Trinajstić information content (AvgIpc) is 2.65. The lowest BCUT2D eigenvalue weighted by Crippen LogP contribution is -2.05. The van der Waals surface area contributed by atoms with E-state index in [0.717, 1.165) is 22.6 Å². The monoisotopic (exact) mass is 376 g/mol. The summed E-state index contributed by atoms with van der Waals surface area (Å²) in [6, 6.07) is 15.2. The normalized spacial score (nSPS) is 10.4. The van der Waals surface area contributed by atoms with E-state index >= 15 is 0 Å². The number of rotatable bonds is 6. The molecule has 3 aromatic rings. The summed E-state index contributed by atoms with van der Waals surface area (Å²) in [4.78, 5) is 20.8. The fourth-order valence-electron chi connectivity index (χ4n) is 2.73. The number of carbonyl (C=O) groups is 1. The van der Waals surface area contributed by atoms with Crippen LogP contribution in [0, 0.1) is 20.8 Å². The molecule has 0 radical (unpaired) electrons. The van der Waals surface area contributed by atoms with Gasteiger partial charge in [0, 0.05) is 23.1 Å². The first kappa shape index (κ1) is 19.4. The van der Waals surface area contributed by atoms with E-state index in [4.69, 9.17) is 4.74 Å². The van der Waals surface area contributed by atoms with Crippen LogP contribution in [0.15, 0.2) is 48.5 Å². The van der Waals surface area contributed by atoms with Crippen LogP contribution in [0.4, 0.5) is 23.1 Å². The third kappa shape index (κ3) is 4.85. The quantitative estimate of drug-likeness (QED) is 0.585. The summed E-state index contributed by atoms with van der Waals surface area (Å²) < 4.78 is 5.00. The van der Waals surface area contributed by atoms with E-state index < -0.39 is 0 Å². The van der Waals surface area contributed by atoms with Crippen LogP contribution in [-0.4, -0.2) is 22.5 Å². The minimum Gasteiger partial charge on any atom is -0.462 e. The first-order valence-corrected chi connectivity index (χ1v) is 9.19. The van der Waals surface area contributed by atoms with Crippen LogP contribution in [0.25, 0.3) is 0 Å². The molecule has 0 unspecified atom stereocenters. The maximum atomic E-state index is 11.8. The van der Waals surface area contributed by atoms with E-state index in [-0.39, 0.29) is 5.97 Å². The Morgan fingerprint density at radius 1 is 0.964 bits per heavy atom. The van der Waals surface area contributed by atoms with Crippen molar-refractivity contribution in [1.82, 2.24) is 9.97 Å². The van der Waals surface area contributed by atoms with E-state index in [2.05, 4.69) is 52.6 Å². The van der Waals surface area contributed by atoms with Gasteiger partial charge in [-0.05, 0) is 69.2 Å². The topological polar surface area (TPSA) is 76.1 Å². The summed E-state index contributed by atoms with van der Waals surface area (Å²) in [6.07, 6.45) is 0. The first-order valence-electron chi connectivity index (χ1n) is 9.19. The summed E-state index contributed by atoms with van der Waals surface area (Å²) in [5.41, 5.74) is 5.48. The number of carbonyl (C=O) groups excluding carboxylic acids is 1. The van der Waals surface area contributed by atoms with Gasteiger partial charge in [0.15, 0.2) is 0 Å². The average molecular weight is 376 g/mol. The van der Waals surface area contributed by atoms with Crippen molar-refractivity contribution in [3.8, 4) is 0 Å². The van der Waals surface area contributed by atoms with Gasteiger partial charge in [-0.15, -0.1) is 0 Å². The van der Waals surface area contributed by atoms with Gasteiger partial charge in [-0.1, -0.05) is 12.1 Å². The molecule has 144 valence electrons. The van der Waals surface area contributed by atoms with Crippen molar-refractivity contribution in [2.45, 2.75) is 27.7 Å². The molecular weight excluding hydrogens is 352 g/mol. The second kappa shape index (κ2) is 8.52. The molecule has 6 nitrogen and oxygen atoms in total. The van der Waals surface area contributed by atoms with Gasteiger partial charge < -0.3 is 15.4 Å². The standard InChI is InChI=1S/C22H24N4O2/c1-5-28-21(27)17-8-10-18(11-9-17)24-22-23-16(4)13-20(26-22)25-19-12-14(2)6-7-15(19)3/h6-13H,5H2,1-4H3,(H2,23,24,25,26). The van der Waals surface area contributed by atoms with Gasteiger partial charge in [0.1, 0.15) is 5.82 Å². The number of aromatic nitrogens is 2. The number of nitrogens with zero attached hydrogens (tertiary/aromatic N) is 2. The van der Waals surface area contributed by atoms with E-state index in [9.17, 15) is 4.79 Å². The Bertz CT molecular complexity index is 984. The van der Waals surface area contributed by atoms with Crippen LogP contribution >= 0.6 is 0 Å². The van der Waals surface area contributed by atoms with E-state index in [1.165, 1.54) is 5.56 Å². The van der Waals surface area contributed by atoms with Gasteiger partial charge in [-0.2, -0.15) is 4.98 Å². The minimum atomic E-state index is -0.333. The Morgan fingerprint density at radius 3 is 2.43 bits per heavy atom. The lowest BCUT2D eigenvalue weighted by atomic mass is 10.1. The van der Waals surface area contributed by atoms with Gasteiger partial charge in [0.2, 0.25) is 5.95 Å². The SMILES string of the molecule is CCOC(=O)c1ccc(Nc2nc(C)cc(Nc3cc(C)ccc3C)n2)cc1. The second-order valence-corrected chi connectivity index (χ2v) is 6.58. The molecule has 28 heavy (non-hydrogen) atoms. The predicted octanol–water partition coefficient (Wildman–Crippen LogP) is 5.07. The number of aryl methyl sites for hydroxylation is 3. The van der Waals surface area contributed by atoms with Gasteiger partial charge >= 0.3 is 5.97 Å². The number of anilines is 4. The molecule has 0 aliphatic rings. The molecule has 0 aliphatic carbocycles. The van der Waals surface area contributed by atoms with Crippen molar-refractivity contribution >= 4 is 29.1 Å². The number of nitrogens with one attached hydrogen (secondary N) is 2. The summed E-state index contributed by atoms with van der Waals surface area (Å²) in [6.45, 7) is 8.17. The van der Waals surface area contributed by atoms with E-state index in [1.54, 1.807) is 31.2 Å². The Kier molecular flexibility index (Phi) is 5.89. The highest BCUT2D eigenvalue weighted by Crippen LogP contribution is 2.23. The highest BCUT2D eigenvalue weighted by Gasteiger charge is 2.08. The Morgan fingerprint density at radius 2 is 1.71 bits per heavy atom. The van der Waals surface area contributed by atoms with Crippen LogP contribution < -0.4 is 10.6 Å². The third-order valence-electron chi connectivity index (χ3n) is 4.16. The zero-order valence-electron chi connectivity index (χ0n) is 16.5. The molecule has 6 heteroatoms. The van der Waals surface area contributed by atoms with Crippen molar-refractivity contribution < 1.29 is 9.53 Å². The number of benzene rings is 2. The van der Waals surface area contributed by atoms with Crippen LogP contribution in [0.5, 0.6) is 0 Å². The highest BCUT2D eigenvalue weighted by atomic mass is 16.5. The van der Waals surface area contributed by atoms with Crippen molar-refractivity contribution in [2.24, 2.45) is 0 Å². The summed E-state index contributed by atoms with van der Waals surface area (Å²) in [7, 11) is 0. The maximum Gasteiger partial charge on any atom is 0.338 e. The number of hydrogen-bond acceptors (Lipinski definition) is 6. The molecule has 1 heterocycles. The molecule has 0 saturated heterocycles. The van der Waals surface area contributed by atoms with Crippen LogP contribution in [0.2, 0.25) is 0 Å². The largest absolute Gasteiger partial charge is 0.462 e. The van der Waals surface area contributed by atoms with Crippen molar-refractivity contribution in [3.05, 3.63) is 70.9 Å². The van der Waals surface area contributed by atoms with Gasteiger partial charge in [-0.3, -0.25) is 0 Å². The van der Waals surface area contributed by atoms with E-state index in [1.807, 2.05) is 13.0 Å². The molecule has 3 rings (SSSR count). The van der Waals surface area contributed by atoms with Crippen molar-refractivity contribution in [1.29, 1.82) is 0 Å². The number of hydrogen-bond donors (Lipinski definition) is 2. The molecule has 1 aromatic heterocycles. The fraction of sp³-hybridized carbons (Fsp3) is 0.227. The number of esters is 1. The highest BCUT2D eigenvalue weighted by molar-refractivity contribution is 5.89. The molecule has 0 bridgehead atoms. The van der Waals surface area contributed by atoms with E-state index in [0.29, 0.717) is 23.9 Å². The minimum absolute atomic E-state index is 0.333. The molecule has 0 fully saturated rings. The van der Waals surface area contributed by atoms with Crippen LogP contribution in [0.3, 0.4) is 0 Å². The van der Waals surface area contributed by atoms with Crippen molar-refractivity contribution in [2.75, 3.05) is 17.2 Å². The summed E-state index contributed by atoms with van der Waals surface area (Å²) in [5.74, 6) is 0.865. The Hall–Kier alpha value is -3.41. The second-order valence-electron chi connectivity index (χ2n) is 6.58. The molecule has 0 spiro atoms. The van der Waals surface area contributed by atoms with Crippen molar-refractivity contribution in [3.63, 3.8) is 0 Å². The maximum absolute atomic E-state index is 11.8. The predicted molar refractivity (Wildman–Crippen MR) is 112 cm³/mol. The molecule has 0 atom stereocenters. The van der Waals surface area contributed by atoms with Crippen LogP contribution in [0.1, 0.15) is 34.1 Å². The Labute approximate surface area is 165 Å².